The van der Waals surface area contributed by atoms with Crippen LogP contribution in [-0.2, 0) is 11.3 Å². The number of nitro groups is 1. The lowest BCUT2D eigenvalue weighted by molar-refractivity contribution is -0.384. The van der Waals surface area contributed by atoms with E-state index < -0.39 is 4.92 Å². The van der Waals surface area contributed by atoms with Gasteiger partial charge in [-0.2, -0.15) is 0 Å². The molecule has 1 aliphatic heterocycles. The van der Waals surface area contributed by atoms with Crippen LogP contribution in [0.2, 0.25) is 0 Å². The Labute approximate surface area is 167 Å². The molecule has 0 fully saturated rings. The van der Waals surface area contributed by atoms with E-state index in [2.05, 4.69) is 4.99 Å². The minimum Gasteiger partial charge on any atom is -0.286 e. The van der Waals surface area contributed by atoms with Crippen LogP contribution in [0.15, 0.2) is 95.6 Å². The van der Waals surface area contributed by atoms with E-state index in [-0.39, 0.29) is 11.6 Å². The fraction of sp³-hybridized carbons (Fsp3) is 0.0435. The second-order valence-electron chi connectivity index (χ2n) is 6.56. The van der Waals surface area contributed by atoms with Crippen molar-refractivity contribution in [3.05, 3.63) is 117 Å². The number of hydrogen-bond acceptors (Lipinski definition) is 4. The summed E-state index contributed by atoms with van der Waals surface area (Å²) in [5.74, 6) is 0.388. The van der Waals surface area contributed by atoms with Crippen LogP contribution in [0, 0.1) is 10.1 Å². The molecule has 0 aromatic heterocycles. The number of hydrogen-bond donors (Lipinski definition) is 0. The van der Waals surface area contributed by atoms with E-state index in [4.69, 9.17) is 0 Å². The third-order valence-corrected chi connectivity index (χ3v) is 4.57. The first-order valence-electron chi connectivity index (χ1n) is 9.08. The van der Waals surface area contributed by atoms with E-state index in [1.165, 1.54) is 12.1 Å². The zero-order valence-electron chi connectivity index (χ0n) is 15.4. The summed E-state index contributed by atoms with van der Waals surface area (Å²) in [7, 11) is 0. The zero-order valence-corrected chi connectivity index (χ0v) is 15.4. The van der Waals surface area contributed by atoms with Gasteiger partial charge < -0.3 is 0 Å². The van der Waals surface area contributed by atoms with Gasteiger partial charge in [-0.05, 0) is 29.3 Å². The molecular weight excluding hydrogens is 366 g/mol. The number of amidine groups is 1. The molecule has 142 valence electrons. The van der Waals surface area contributed by atoms with Gasteiger partial charge in [0, 0.05) is 17.7 Å². The summed E-state index contributed by atoms with van der Waals surface area (Å²) in [6.45, 7) is 0.408. The molecule has 6 nitrogen and oxygen atoms in total. The number of nitrogens with zero attached hydrogens (tertiary/aromatic N) is 3. The number of carbonyl (C=O) groups is 1. The standard InChI is InChI=1S/C23H17N3O3/c27-23-21(15-17-11-13-20(14-12-17)26(28)29)24-22(19-9-5-2-6-10-19)25(23)16-18-7-3-1-4-8-18/h1-15H,16H2/b21-15+. The molecule has 3 aromatic carbocycles. The molecule has 1 heterocycles. The van der Waals surface area contributed by atoms with E-state index in [0.717, 1.165) is 11.1 Å². The zero-order chi connectivity index (χ0) is 20.2. The van der Waals surface area contributed by atoms with Gasteiger partial charge in [-0.1, -0.05) is 60.7 Å². The molecule has 4 rings (SSSR count). The first-order valence-corrected chi connectivity index (χ1v) is 9.08. The van der Waals surface area contributed by atoms with Crippen molar-refractivity contribution in [1.29, 1.82) is 0 Å². The van der Waals surface area contributed by atoms with Crippen molar-refractivity contribution in [2.45, 2.75) is 6.54 Å². The van der Waals surface area contributed by atoms with Crippen LogP contribution in [0.25, 0.3) is 6.08 Å². The van der Waals surface area contributed by atoms with Crippen molar-refractivity contribution >= 4 is 23.5 Å². The maximum Gasteiger partial charge on any atom is 0.278 e. The predicted molar refractivity (Wildman–Crippen MR) is 111 cm³/mol. The van der Waals surface area contributed by atoms with Crippen LogP contribution in [-0.4, -0.2) is 21.6 Å². The smallest absolute Gasteiger partial charge is 0.278 e. The highest BCUT2D eigenvalue weighted by atomic mass is 16.6. The lowest BCUT2D eigenvalue weighted by Gasteiger charge is -2.18. The number of nitro benzene ring substituents is 1. The lowest BCUT2D eigenvalue weighted by Crippen LogP contribution is -2.32. The summed E-state index contributed by atoms with van der Waals surface area (Å²) in [6.07, 6.45) is 1.65. The van der Waals surface area contributed by atoms with Crippen molar-refractivity contribution in [2.75, 3.05) is 0 Å². The molecule has 0 bridgehead atoms. The minimum atomic E-state index is -0.453. The average molecular weight is 383 g/mol. The van der Waals surface area contributed by atoms with Crippen LogP contribution in [0.5, 0.6) is 0 Å². The molecule has 0 N–H and O–H groups in total. The largest absolute Gasteiger partial charge is 0.286 e. The summed E-state index contributed by atoms with van der Waals surface area (Å²) in [5.41, 5.74) is 2.83. The van der Waals surface area contributed by atoms with Gasteiger partial charge >= 0.3 is 0 Å². The molecular formula is C23H17N3O3. The number of rotatable bonds is 5. The van der Waals surface area contributed by atoms with Crippen LogP contribution in [0.3, 0.4) is 0 Å². The normalized spacial score (nSPS) is 14.9. The highest BCUT2D eigenvalue weighted by Crippen LogP contribution is 2.24. The summed E-state index contributed by atoms with van der Waals surface area (Å²) in [5, 5.41) is 10.8. The Hall–Kier alpha value is -4.06. The quantitative estimate of drug-likeness (QED) is 0.372. The van der Waals surface area contributed by atoms with E-state index >= 15 is 0 Å². The predicted octanol–water partition coefficient (Wildman–Crippen LogP) is 4.42. The molecule has 0 aliphatic carbocycles. The second kappa shape index (κ2) is 7.90. The summed E-state index contributed by atoms with van der Waals surface area (Å²) in [6, 6.07) is 25.3. The van der Waals surface area contributed by atoms with Crippen molar-refractivity contribution < 1.29 is 9.72 Å². The van der Waals surface area contributed by atoms with E-state index in [0.29, 0.717) is 23.6 Å². The van der Waals surface area contributed by atoms with Gasteiger partial charge in [0.2, 0.25) is 0 Å². The SMILES string of the molecule is O=C1/C(=C\c2ccc([N+](=O)[O-])cc2)N=C(c2ccccc2)N1Cc1ccccc1. The Morgan fingerprint density at radius 1 is 0.897 bits per heavy atom. The number of carbonyl (C=O) groups excluding carboxylic acids is 1. The first kappa shape index (κ1) is 18.3. The van der Waals surface area contributed by atoms with E-state index in [9.17, 15) is 14.9 Å². The van der Waals surface area contributed by atoms with Crippen molar-refractivity contribution in [1.82, 2.24) is 4.90 Å². The molecule has 0 atom stereocenters. The van der Waals surface area contributed by atoms with Gasteiger partial charge in [-0.15, -0.1) is 0 Å². The maximum absolute atomic E-state index is 13.1. The van der Waals surface area contributed by atoms with E-state index in [1.54, 1.807) is 23.1 Å². The maximum atomic E-state index is 13.1. The molecule has 0 saturated carbocycles. The van der Waals surface area contributed by atoms with Gasteiger partial charge in [-0.3, -0.25) is 19.8 Å². The Morgan fingerprint density at radius 3 is 2.14 bits per heavy atom. The highest BCUT2D eigenvalue weighted by molar-refractivity contribution is 6.19. The lowest BCUT2D eigenvalue weighted by atomic mass is 10.1. The van der Waals surface area contributed by atoms with Crippen LogP contribution in [0.4, 0.5) is 5.69 Å². The Morgan fingerprint density at radius 2 is 1.52 bits per heavy atom. The molecule has 0 spiro atoms. The molecule has 0 unspecified atom stereocenters. The Bertz CT molecular complexity index is 1110. The van der Waals surface area contributed by atoms with Gasteiger partial charge in [0.15, 0.2) is 0 Å². The molecule has 29 heavy (non-hydrogen) atoms. The molecule has 1 aliphatic rings. The number of amides is 1. The monoisotopic (exact) mass is 383 g/mol. The fourth-order valence-electron chi connectivity index (χ4n) is 3.12. The molecule has 3 aromatic rings. The fourth-order valence-corrected chi connectivity index (χ4v) is 3.12. The number of aliphatic imine (C=N–C) groups is 1. The second-order valence-corrected chi connectivity index (χ2v) is 6.56. The molecule has 1 amide bonds. The average Bonchev–Trinajstić information content (AvgIpc) is 3.05. The van der Waals surface area contributed by atoms with Gasteiger partial charge in [-0.25, -0.2) is 4.99 Å². The van der Waals surface area contributed by atoms with Gasteiger partial charge in [0.05, 0.1) is 11.5 Å². The third kappa shape index (κ3) is 3.96. The summed E-state index contributed by atoms with van der Waals surface area (Å²) in [4.78, 5) is 29.7. The molecule has 6 heteroatoms. The van der Waals surface area contributed by atoms with Crippen LogP contribution >= 0.6 is 0 Å². The van der Waals surface area contributed by atoms with Crippen molar-refractivity contribution in [3.8, 4) is 0 Å². The van der Waals surface area contributed by atoms with Gasteiger partial charge in [0.1, 0.15) is 11.5 Å². The van der Waals surface area contributed by atoms with Crippen molar-refractivity contribution in [3.63, 3.8) is 0 Å². The number of benzene rings is 3. The topological polar surface area (TPSA) is 75.8 Å². The van der Waals surface area contributed by atoms with Crippen LogP contribution in [0.1, 0.15) is 16.7 Å². The molecule has 0 saturated heterocycles. The van der Waals surface area contributed by atoms with Crippen LogP contribution < -0.4 is 0 Å². The van der Waals surface area contributed by atoms with E-state index in [1.807, 2.05) is 60.7 Å². The Kier molecular flexibility index (Phi) is 4.99. The minimum absolute atomic E-state index is 0.00378. The van der Waals surface area contributed by atoms with Crippen molar-refractivity contribution in [2.24, 2.45) is 4.99 Å². The Balaban J connectivity index is 1.70. The molecule has 0 radical (unpaired) electrons. The number of non-ortho nitro benzene ring substituents is 1. The van der Waals surface area contributed by atoms with Gasteiger partial charge in [0.25, 0.3) is 11.6 Å². The summed E-state index contributed by atoms with van der Waals surface area (Å²) >= 11 is 0. The highest BCUT2D eigenvalue weighted by Gasteiger charge is 2.31. The third-order valence-electron chi connectivity index (χ3n) is 4.57. The first-order chi connectivity index (χ1) is 14.1. The summed E-state index contributed by atoms with van der Waals surface area (Å²) < 4.78 is 0.